The Hall–Kier alpha value is -4.05. The van der Waals surface area contributed by atoms with Crippen molar-refractivity contribution in [1.82, 2.24) is 0 Å². The first-order chi connectivity index (χ1) is 17.3. The van der Waals surface area contributed by atoms with Crippen LogP contribution in [0.5, 0.6) is 17.2 Å². The van der Waals surface area contributed by atoms with Crippen LogP contribution in [0.1, 0.15) is 48.4 Å². The van der Waals surface area contributed by atoms with E-state index in [4.69, 9.17) is 23.7 Å². The van der Waals surface area contributed by atoms with Gasteiger partial charge >= 0.3 is 11.9 Å². The van der Waals surface area contributed by atoms with Gasteiger partial charge in [0.05, 0.1) is 33.5 Å². The summed E-state index contributed by atoms with van der Waals surface area (Å²) in [7, 11) is 4.33. The zero-order valence-electron chi connectivity index (χ0n) is 20.6. The van der Waals surface area contributed by atoms with Gasteiger partial charge in [-0.15, -0.1) is 11.3 Å². The predicted molar refractivity (Wildman–Crippen MR) is 135 cm³/mol. The molecule has 36 heavy (non-hydrogen) atoms. The zero-order valence-corrected chi connectivity index (χ0v) is 21.4. The monoisotopic (exact) mass is 513 g/mol. The van der Waals surface area contributed by atoms with E-state index >= 15 is 0 Å². The smallest absolute Gasteiger partial charge is 0.349 e. The van der Waals surface area contributed by atoms with Gasteiger partial charge in [0, 0.05) is 5.56 Å². The summed E-state index contributed by atoms with van der Waals surface area (Å²) in [6.45, 7) is 3.47. The number of ether oxygens (including phenoxy) is 5. The number of nitrogens with one attached hydrogen (secondary N) is 1. The van der Waals surface area contributed by atoms with Gasteiger partial charge in [-0.2, -0.15) is 0 Å². The van der Waals surface area contributed by atoms with Crippen molar-refractivity contribution in [2.45, 2.75) is 20.5 Å². The van der Waals surface area contributed by atoms with Crippen molar-refractivity contribution in [3.05, 3.63) is 69.6 Å². The van der Waals surface area contributed by atoms with Crippen molar-refractivity contribution in [3.8, 4) is 17.2 Å². The molecule has 0 spiro atoms. The number of benzene rings is 2. The number of thiophene rings is 1. The number of anilines is 1. The van der Waals surface area contributed by atoms with Gasteiger partial charge in [0.2, 0.25) is 5.75 Å². The largest absolute Gasteiger partial charge is 0.493 e. The van der Waals surface area contributed by atoms with Crippen molar-refractivity contribution in [1.29, 1.82) is 0 Å². The van der Waals surface area contributed by atoms with Crippen LogP contribution in [-0.2, 0) is 16.1 Å². The van der Waals surface area contributed by atoms with Crippen LogP contribution in [0.2, 0.25) is 0 Å². The fraction of sp³-hybridized carbons (Fsp3) is 0.269. The van der Waals surface area contributed by atoms with Gasteiger partial charge in [0.15, 0.2) is 11.5 Å². The van der Waals surface area contributed by atoms with Gasteiger partial charge in [-0.3, -0.25) is 4.79 Å². The van der Waals surface area contributed by atoms with Crippen molar-refractivity contribution in [2.24, 2.45) is 0 Å². The van der Waals surface area contributed by atoms with Crippen LogP contribution in [0.15, 0.2) is 42.5 Å². The highest BCUT2D eigenvalue weighted by molar-refractivity contribution is 7.18. The van der Waals surface area contributed by atoms with E-state index in [2.05, 4.69) is 5.32 Å². The van der Waals surface area contributed by atoms with Gasteiger partial charge in [-0.05, 0) is 37.1 Å². The molecule has 3 rings (SSSR count). The number of amides is 1. The summed E-state index contributed by atoms with van der Waals surface area (Å²) in [6, 6.07) is 12.2. The third kappa shape index (κ3) is 5.77. The van der Waals surface area contributed by atoms with Crippen molar-refractivity contribution < 1.29 is 38.1 Å². The van der Waals surface area contributed by atoms with Crippen LogP contribution in [0.25, 0.3) is 0 Å². The summed E-state index contributed by atoms with van der Waals surface area (Å²) >= 11 is 0.940. The minimum atomic E-state index is -0.659. The standard InChI is InChI=1S/C26H27NO8S/c1-6-34-25(29)20-15(2)22(26(30)35-14-16-10-8-7-9-11-16)36-24(20)27-23(28)17-12-18(31-3)21(33-5)19(13-17)32-4/h7-13H,6,14H2,1-5H3,(H,27,28). The molecular weight excluding hydrogens is 486 g/mol. The molecule has 1 heterocycles. The molecule has 3 aromatic rings. The van der Waals surface area contributed by atoms with E-state index in [1.165, 1.54) is 33.5 Å². The van der Waals surface area contributed by atoms with Gasteiger partial charge in [-0.25, -0.2) is 9.59 Å². The SMILES string of the molecule is CCOC(=O)c1c(NC(=O)c2cc(OC)c(OC)c(OC)c2)sc(C(=O)OCc2ccccc2)c1C. The van der Waals surface area contributed by atoms with E-state index in [1.807, 2.05) is 30.3 Å². The summed E-state index contributed by atoms with van der Waals surface area (Å²) in [5.41, 5.74) is 1.46. The molecule has 9 nitrogen and oxygen atoms in total. The molecule has 0 saturated carbocycles. The Labute approximate surface area is 212 Å². The zero-order chi connectivity index (χ0) is 26.2. The second-order valence-electron chi connectivity index (χ2n) is 7.41. The van der Waals surface area contributed by atoms with E-state index in [-0.39, 0.29) is 34.2 Å². The average molecular weight is 514 g/mol. The van der Waals surface area contributed by atoms with Crippen LogP contribution >= 0.6 is 11.3 Å². The van der Waals surface area contributed by atoms with Crippen molar-refractivity contribution >= 4 is 34.2 Å². The molecule has 10 heteroatoms. The number of hydrogen-bond acceptors (Lipinski definition) is 9. The van der Waals surface area contributed by atoms with Gasteiger partial charge < -0.3 is 29.0 Å². The maximum atomic E-state index is 13.2. The Morgan fingerprint density at radius 2 is 1.53 bits per heavy atom. The normalized spacial score (nSPS) is 10.4. The second-order valence-corrected chi connectivity index (χ2v) is 8.43. The summed E-state index contributed by atoms with van der Waals surface area (Å²) < 4.78 is 26.5. The maximum absolute atomic E-state index is 13.2. The lowest BCUT2D eigenvalue weighted by atomic mass is 10.1. The molecule has 0 aliphatic carbocycles. The Kier molecular flexibility index (Phi) is 8.91. The molecule has 1 aromatic heterocycles. The van der Waals surface area contributed by atoms with Crippen LogP contribution < -0.4 is 19.5 Å². The Morgan fingerprint density at radius 1 is 0.889 bits per heavy atom. The van der Waals surface area contributed by atoms with E-state index in [9.17, 15) is 14.4 Å². The van der Waals surface area contributed by atoms with Crippen molar-refractivity contribution in [3.63, 3.8) is 0 Å². The van der Waals surface area contributed by atoms with Crippen molar-refractivity contribution in [2.75, 3.05) is 33.3 Å². The highest BCUT2D eigenvalue weighted by atomic mass is 32.1. The highest BCUT2D eigenvalue weighted by Gasteiger charge is 2.28. The molecule has 190 valence electrons. The number of esters is 2. The fourth-order valence-electron chi connectivity index (χ4n) is 3.42. The lowest BCUT2D eigenvalue weighted by Gasteiger charge is -2.14. The first kappa shape index (κ1) is 26.6. The lowest BCUT2D eigenvalue weighted by Crippen LogP contribution is -2.15. The molecule has 2 aromatic carbocycles. The first-order valence-corrected chi connectivity index (χ1v) is 11.8. The molecule has 0 aliphatic rings. The molecule has 0 unspecified atom stereocenters. The first-order valence-electron chi connectivity index (χ1n) is 11.0. The van der Waals surface area contributed by atoms with Crippen LogP contribution in [-0.4, -0.2) is 45.8 Å². The van der Waals surface area contributed by atoms with Gasteiger partial charge in [-0.1, -0.05) is 30.3 Å². The van der Waals surface area contributed by atoms with E-state index in [0.29, 0.717) is 22.8 Å². The molecule has 1 N–H and O–H groups in total. The van der Waals surface area contributed by atoms with E-state index < -0.39 is 17.8 Å². The summed E-state index contributed by atoms with van der Waals surface area (Å²) in [6.07, 6.45) is 0. The Bertz CT molecular complexity index is 1230. The lowest BCUT2D eigenvalue weighted by molar-refractivity contribution is 0.0477. The molecule has 0 bridgehead atoms. The molecule has 0 aliphatic heterocycles. The quantitative estimate of drug-likeness (QED) is 0.383. The van der Waals surface area contributed by atoms with Gasteiger partial charge in [0.25, 0.3) is 5.91 Å². The van der Waals surface area contributed by atoms with E-state index in [1.54, 1.807) is 13.8 Å². The molecular formula is C26H27NO8S. The number of carbonyl (C=O) groups is 3. The highest BCUT2D eigenvalue weighted by Crippen LogP contribution is 2.39. The third-order valence-corrected chi connectivity index (χ3v) is 6.37. The minimum absolute atomic E-state index is 0.0683. The number of rotatable bonds is 10. The second kappa shape index (κ2) is 12.1. The van der Waals surface area contributed by atoms with Crippen LogP contribution in [0, 0.1) is 6.92 Å². The predicted octanol–water partition coefficient (Wildman–Crippen LogP) is 4.87. The number of hydrogen-bond donors (Lipinski definition) is 1. The third-order valence-electron chi connectivity index (χ3n) is 5.18. The molecule has 0 fully saturated rings. The molecule has 1 amide bonds. The molecule has 0 atom stereocenters. The topological polar surface area (TPSA) is 109 Å². The average Bonchev–Trinajstić information content (AvgIpc) is 3.22. The summed E-state index contributed by atoms with van der Waals surface area (Å²) in [5.74, 6) is -0.904. The number of carbonyl (C=O) groups excluding carboxylic acids is 3. The maximum Gasteiger partial charge on any atom is 0.349 e. The molecule has 0 radical (unpaired) electrons. The Balaban J connectivity index is 1.93. The van der Waals surface area contributed by atoms with Crippen LogP contribution in [0.3, 0.4) is 0 Å². The van der Waals surface area contributed by atoms with Crippen LogP contribution in [0.4, 0.5) is 5.00 Å². The minimum Gasteiger partial charge on any atom is -0.493 e. The molecule has 0 saturated heterocycles. The van der Waals surface area contributed by atoms with E-state index in [0.717, 1.165) is 16.9 Å². The summed E-state index contributed by atoms with van der Waals surface area (Å²) in [4.78, 5) is 38.9. The number of methoxy groups -OCH3 is 3. The summed E-state index contributed by atoms with van der Waals surface area (Å²) in [5, 5.41) is 2.88. The fourth-order valence-corrected chi connectivity index (χ4v) is 4.51. The van der Waals surface area contributed by atoms with Gasteiger partial charge in [0.1, 0.15) is 16.5 Å². The Morgan fingerprint density at radius 3 is 2.08 bits per heavy atom.